The van der Waals surface area contributed by atoms with Gasteiger partial charge in [0.2, 0.25) is 5.91 Å². The predicted molar refractivity (Wildman–Crippen MR) is 123 cm³/mol. The number of benzene rings is 2. The van der Waals surface area contributed by atoms with E-state index in [1.165, 1.54) is 19.1 Å². The fourth-order valence-corrected chi connectivity index (χ4v) is 3.75. The van der Waals surface area contributed by atoms with Crippen molar-refractivity contribution in [2.75, 3.05) is 13.1 Å². The zero-order chi connectivity index (χ0) is 22.5. The fraction of sp³-hybridized carbons (Fsp3) is 0.320. The third-order valence-electron chi connectivity index (χ3n) is 5.23. The average Bonchev–Trinajstić information content (AvgIpc) is 2.90. The molecule has 0 unspecified atom stereocenters. The van der Waals surface area contributed by atoms with E-state index in [0.29, 0.717) is 35.7 Å². The molecular formula is C25H28FN3O2. The van der Waals surface area contributed by atoms with Crippen molar-refractivity contribution in [3.63, 3.8) is 0 Å². The number of hydrogen-bond acceptors (Lipinski definition) is 4. The van der Waals surface area contributed by atoms with E-state index in [-0.39, 0.29) is 23.7 Å². The molecule has 0 spiro atoms. The van der Waals surface area contributed by atoms with E-state index in [0.717, 1.165) is 24.0 Å². The monoisotopic (exact) mass is 421 g/mol. The Morgan fingerprint density at radius 3 is 2.32 bits per heavy atom. The molecule has 3 rings (SSSR count). The van der Waals surface area contributed by atoms with Crippen LogP contribution in [0.2, 0.25) is 0 Å². The number of aliphatic imine (C=N–C) groups is 1. The Morgan fingerprint density at radius 1 is 1.06 bits per heavy atom. The van der Waals surface area contributed by atoms with Crippen molar-refractivity contribution < 1.29 is 14.0 Å². The van der Waals surface area contributed by atoms with Gasteiger partial charge in [-0.3, -0.25) is 9.59 Å². The highest BCUT2D eigenvalue weighted by Gasteiger charge is 2.21. The van der Waals surface area contributed by atoms with Crippen LogP contribution in [0.15, 0.2) is 47.0 Å². The van der Waals surface area contributed by atoms with Gasteiger partial charge >= 0.3 is 0 Å². The zero-order valence-corrected chi connectivity index (χ0v) is 18.2. The number of carbonyl (C=O) groups excluding carboxylic acids is 2. The maximum Gasteiger partial charge on any atom is 0.250 e. The van der Waals surface area contributed by atoms with Crippen LogP contribution in [-0.4, -0.2) is 35.5 Å². The topological polar surface area (TPSA) is 75.8 Å². The van der Waals surface area contributed by atoms with Crippen LogP contribution < -0.4 is 5.73 Å². The van der Waals surface area contributed by atoms with Crippen molar-refractivity contribution in [1.82, 2.24) is 4.90 Å². The Balaban J connectivity index is 1.98. The molecule has 31 heavy (non-hydrogen) atoms. The smallest absolute Gasteiger partial charge is 0.250 e. The van der Waals surface area contributed by atoms with E-state index in [9.17, 15) is 14.0 Å². The van der Waals surface area contributed by atoms with Crippen molar-refractivity contribution >= 4 is 29.3 Å². The summed E-state index contributed by atoms with van der Waals surface area (Å²) in [6.45, 7) is 6.85. The summed E-state index contributed by atoms with van der Waals surface area (Å²) in [5.41, 5.74) is 9.63. The number of nitrogens with two attached hydrogens (primary N) is 1. The minimum atomic E-state index is -0.553. The van der Waals surface area contributed by atoms with Gasteiger partial charge in [0.05, 0.1) is 11.3 Å². The first-order chi connectivity index (χ1) is 14.8. The summed E-state index contributed by atoms with van der Waals surface area (Å²) in [5, 5.41) is 0. The summed E-state index contributed by atoms with van der Waals surface area (Å²) >= 11 is 0. The number of Topliss-reactive ketones (excluding diaryl/α,β-unsaturated/α-hetero) is 1. The van der Waals surface area contributed by atoms with E-state index < -0.39 is 5.82 Å². The molecule has 5 nitrogen and oxygen atoms in total. The van der Waals surface area contributed by atoms with Gasteiger partial charge in [-0.25, -0.2) is 9.38 Å². The Kier molecular flexibility index (Phi) is 7.00. The molecule has 0 aliphatic carbocycles. The first-order valence-corrected chi connectivity index (χ1v) is 10.6. The summed E-state index contributed by atoms with van der Waals surface area (Å²) in [6, 6.07) is 10.1. The largest absolute Gasteiger partial charge is 0.387 e. The number of halogens is 1. The lowest BCUT2D eigenvalue weighted by atomic mass is 9.99. The number of nitrogens with zero attached hydrogens (tertiary/aromatic N) is 2. The first-order valence-electron chi connectivity index (χ1n) is 10.6. The van der Waals surface area contributed by atoms with Crippen LogP contribution in [0.25, 0.3) is 17.2 Å². The van der Waals surface area contributed by atoms with Crippen molar-refractivity contribution in [3.8, 4) is 11.1 Å². The minimum absolute atomic E-state index is 0.0133. The Hall–Kier alpha value is -3.28. The lowest BCUT2D eigenvalue weighted by molar-refractivity contribution is -0.127. The molecular weight excluding hydrogens is 393 g/mol. The molecule has 0 atom stereocenters. The van der Waals surface area contributed by atoms with Crippen LogP contribution in [0.1, 0.15) is 56.0 Å². The lowest BCUT2D eigenvalue weighted by Gasteiger charge is -2.22. The molecule has 2 aromatic rings. The van der Waals surface area contributed by atoms with E-state index >= 15 is 0 Å². The highest BCUT2D eigenvalue weighted by atomic mass is 19.1. The molecule has 1 amide bonds. The molecule has 1 aliphatic heterocycles. The number of amides is 1. The fourth-order valence-electron chi connectivity index (χ4n) is 3.75. The molecule has 0 bridgehead atoms. The summed E-state index contributed by atoms with van der Waals surface area (Å²) in [4.78, 5) is 30.9. The summed E-state index contributed by atoms with van der Waals surface area (Å²) in [7, 11) is 0. The third kappa shape index (κ3) is 5.08. The molecule has 0 aromatic heterocycles. The number of fused-ring (bicyclic) bond motifs is 1. The van der Waals surface area contributed by atoms with Gasteiger partial charge in [-0.05, 0) is 55.2 Å². The highest BCUT2D eigenvalue weighted by Crippen LogP contribution is 2.32. The Bertz CT molecular complexity index is 1070. The number of rotatable bonds is 7. The predicted octanol–water partition coefficient (Wildman–Crippen LogP) is 5.12. The molecule has 0 fully saturated rings. The van der Waals surface area contributed by atoms with Gasteiger partial charge in [-0.1, -0.05) is 32.0 Å². The van der Waals surface area contributed by atoms with Crippen LogP contribution in [-0.2, 0) is 4.79 Å². The van der Waals surface area contributed by atoms with Crippen molar-refractivity contribution in [2.45, 2.75) is 40.0 Å². The number of amidine groups is 1. The quantitative estimate of drug-likeness (QED) is 0.631. The van der Waals surface area contributed by atoms with Crippen molar-refractivity contribution in [1.29, 1.82) is 0 Å². The maximum absolute atomic E-state index is 14.3. The second-order valence-electron chi connectivity index (χ2n) is 7.77. The van der Waals surface area contributed by atoms with E-state index in [1.54, 1.807) is 6.07 Å². The van der Waals surface area contributed by atoms with Gasteiger partial charge in [0.15, 0.2) is 5.78 Å². The maximum atomic E-state index is 14.3. The van der Waals surface area contributed by atoms with Gasteiger partial charge in [0.25, 0.3) is 0 Å². The van der Waals surface area contributed by atoms with Gasteiger partial charge in [-0.15, -0.1) is 0 Å². The Labute approximate surface area is 182 Å². The van der Waals surface area contributed by atoms with Crippen LogP contribution in [0.3, 0.4) is 0 Å². The molecule has 0 radical (unpaired) electrons. The second kappa shape index (κ2) is 9.69. The number of ketones is 1. The van der Waals surface area contributed by atoms with Crippen molar-refractivity contribution in [2.24, 2.45) is 10.7 Å². The highest BCUT2D eigenvalue weighted by molar-refractivity contribution is 6.05. The van der Waals surface area contributed by atoms with Crippen LogP contribution in [0.5, 0.6) is 0 Å². The number of carbonyl (C=O) groups is 2. The van der Waals surface area contributed by atoms with Crippen LogP contribution in [0.4, 0.5) is 10.1 Å². The third-order valence-corrected chi connectivity index (χ3v) is 5.23. The van der Waals surface area contributed by atoms with Gasteiger partial charge < -0.3 is 10.6 Å². The van der Waals surface area contributed by atoms with E-state index in [2.05, 4.69) is 18.8 Å². The van der Waals surface area contributed by atoms with Gasteiger partial charge in [0, 0.05) is 30.6 Å². The first kappa shape index (κ1) is 22.4. The van der Waals surface area contributed by atoms with Crippen LogP contribution in [0, 0.1) is 5.82 Å². The molecule has 6 heteroatoms. The molecule has 0 saturated carbocycles. The second-order valence-corrected chi connectivity index (χ2v) is 7.77. The molecule has 162 valence electrons. The average molecular weight is 422 g/mol. The molecule has 2 aromatic carbocycles. The molecule has 0 saturated heterocycles. The van der Waals surface area contributed by atoms with Gasteiger partial charge in [0.1, 0.15) is 11.7 Å². The summed E-state index contributed by atoms with van der Waals surface area (Å²) in [6.07, 6.45) is 3.92. The Morgan fingerprint density at radius 2 is 1.71 bits per heavy atom. The van der Waals surface area contributed by atoms with Gasteiger partial charge in [-0.2, -0.15) is 0 Å². The standard InChI is InChI=1S/C25H28FN3O2/c1-4-10-29(11-5-2)25(31)20-12-19-7-6-18(14-23(19)28-24(27)15-20)17-8-9-21(16(3)30)22(26)13-17/h6-9,12-14H,4-5,10-11,15H2,1-3H3,(H2,27,28). The van der Waals surface area contributed by atoms with Crippen LogP contribution >= 0.6 is 0 Å². The minimum Gasteiger partial charge on any atom is -0.387 e. The summed E-state index contributed by atoms with van der Waals surface area (Å²) < 4.78 is 14.3. The lowest BCUT2D eigenvalue weighted by Crippen LogP contribution is -2.34. The van der Waals surface area contributed by atoms with Crippen molar-refractivity contribution in [3.05, 3.63) is 58.9 Å². The summed E-state index contributed by atoms with van der Waals surface area (Å²) in [5.74, 6) is -0.518. The molecule has 1 aliphatic rings. The normalized spacial score (nSPS) is 13.0. The molecule has 1 heterocycles. The van der Waals surface area contributed by atoms with E-state index in [4.69, 9.17) is 5.73 Å². The molecule has 2 N–H and O–H groups in total. The zero-order valence-electron chi connectivity index (χ0n) is 18.2. The van der Waals surface area contributed by atoms with E-state index in [1.807, 2.05) is 29.2 Å². The number of hydrogen-bond donors (Lipinski definition) is 1. The SMILES string of the molecule is CCCN(CCC)C(=O)C1=Cc2ccc(-c3ccc(C(C)=O)c(F)c3)cc2N=C(N)C1.